The van der Waals surface area contributed by atoms with Crippen LogP contribution in [0.4, 0.5) is 5.69 Å². The van der Waals surface area contributed by atoms with Gasteiger partial charge in [0.05, 0.1) is 35.6 Å². The average molecular weight is 339 g/mol. The smallest absolute Gasteiger partial charge is 0.316 e. The number of anilines is 1. The van der Waals surface area contributed by atoms with Crippen molar-refractivity contribution < 1.29 is 13.2 Å². The quantitative estimate of drug-likeness (QED) is 0.891. The molecule has 0 bridgehead atoms. The van der Waals surface area contributed by atoms with Gasteiger partial charge in [-0.25, -0.2) is 8.42 Å². The summed E-state index contributed by atoms with van der Waals surface area (Å²) in [5, 5.41) is 4.26. The van der Waals surface area contributed by atoms with E-state index < -0.39 is 10.0 Å². The zero-order valence-electron chi connectivity index (χ0n) is 14.1. The molecule has 8 nitrogen and oxygen atoms in total. The molecule has 0 spiro atoms. The number of aromatic nitrogens is 4. The summed E-state index contributed by atoms with van der Waals surface area (Å²) in [5.41, 5.74) is 2.41. The molecule has 0 amide bonds. The maximum absolute atomic E-state index is 12.8. The van der Waals surface area contributed by atoms with E-state index in [0.717, 1.165) is 0 Å². The van der Waals surface area contributed by atoms with Crippen molar-refractivity contribution in [2.75, 3.05) is 11.8 Å². The van der Waals surface area contributed by atoms with Crippen molar-refractivity contribution in [3.8, 4) is 6.01 Å². The first kappa shape index (κ1) is 17.2. The lowest BCUT2D eigenvalue weighted by atomic mass is 10.3. The normalized spacial score (nSPS) is 11.6. The number of hydrogen-bond donors (Lipinski definition) is 1. The minimum Gasteiger partial charge on any atom is -0.467 e. The predicted molar refractivity (Wildman–Crippen MR) is 86.2 cm³/mol. The van der Waals surface area contributed by atoms with E-state index in [1.807, 2.05) is 6.92 Å². The van der Waals surface area contributed by atoms with Gasteiger partial charge in [0.25, 0.3) is 10.0 Å². The van der Waals surface area contributed by atoms with Gasteiger partial charge in [0.2, 0.25) is 0 Å². The van der Waals surface area contributed by atoms with Crippen molar-refractivity contribution in [2.45, 2.75) is 46.1 Å². The second kappa shape index (κ2) is 6.15. The lowest BCUT2D eigenvalue weighted by Crippen LogP contribution is -2.17. The minimum absolute atomic E-state index is 0.189. The van der Waals surface area contributed by atoms with Crippen LogP contribution in [0.15, 0.2) is 4.90 Å². The molecule has 1 N–H and O–H groups in total. The fraction of sp³-hybridized carbons (Fsp3) is 0.500. The molecule has 0 fully saturated rings. The summed E-state index contributed by atoms with van der Waals surface area (Å²) in [4.78, 5) is 8.42. The van der Waals surface area contributed by atoms with Crippen LogP contribution in [0.3, 0.4) is 0 Å². The van der Waals surface area contributed by atoms with Crippen LogP contribution in [-0.4, -0.2) is 35.3 Å². The monoisotopic (exact) mass is 339 g/mol. The van der Waals surface area contributed by atoms with Crippen LogP contribution in [0.1, 0.15) is 29.7 Å². The van der Waals surface area contributed by atoms with E-state index in [2.05, 4.69) is 19.8 Å². The minimum atomic E-state index is -3.78. The number of ether oxygens (including phenoxy) is 1. The molecule has 2 rings (SSSR count). The van der Waals surface area contributed by atoms with Crippen LogP contribution in [0.5, 0.6) is 6.01 Å². The topological polar surface area (TPSA) is 99.0 Å². The number of aryl methyl sites for hydroxylation is 4. The van der Waals surface area contributed by atoms with E-state index in [-0.39, 0.29) is 10.9 Å². The molecular weight excluding hydrogens is 318 g/mol. The second-order valence-electron chi connectivity index (χ2n) is 5.18. The fourth-order valence-corrected chi connectivity index (χ4v) is 4.08. The van der Waals surface area contributed by atoms with E-state index >= 15 is 0 Å². The average Bonchev–Trinajstić information content (AvgIpc) is 2.77. The van der Waals surface area contributed by atoms with Gasteiger partial charge in [0.1, 0.15) is 4.90 Å². The zero-order chi connectivity index (χ0) is 17.4. The maximum atomic E-state index is 12.8. The molecule has 2 aromatic rings. The first-order chi connectivity index (χ1) is 10.7. The van der Waals surface area contributed by atoms with E-state index in [0.29, 0.717) is 35.0 Å². The molecule has 0 atom stereocenters. The van der Waals surface area contributed by atoms with Gasteiger partial charge in [-0.15, -0.1) is 0 Å². The Morgan fingerprint density at radius 2 is 1.65 bits per heavy atom. The Morgan fingerprint density at radius 3 is 2.09 bits per heavy atom. The van der Waals surface area contributed by atoms with E-state index in [1.165, 1.54) is 7.11 Å². The highest BCUT2D eigenvalue weighted by Gasteiger charge is 2.26. The largest absolute Gasteiger partial charge is 0.467 e. The maximum Gasteiger partial charge on any atom is 0.316 e. The summed E-state index contributed by atoms with van der Waals surface area (Å²) >= 11 is 0. The van der Waals surface area contributed by atoms with E-state index in [4.69, 9.17) is 4.74 Å². The van der Waals surface area contributed by atoms with Crippen LogP contribution in [0.2, 0.25) is 0 Å². The second-order valence-corrected chi connectivity index (χ2v) is 6.80. The Labute approximate surface area is 136 Å². The molecular formula is C14H21N5O3S. The summed E-state index contributed by atoms with van der Waals surface area (Å²) in [6.07, 6.45) is 0. The van der Waals surface area contributed by atoms with Gasteiger partial charge in [-0.1, -0.05) is 0 Å². The standard InChI is InChI=1S/C14H21N5O3S/c1-7-19-11(5)13(10(4)17-19)23(20,21)18-12-8(2)15-14(22-6)16-9(12)3/h18H,7H2,1-6H3. The zero-order valence-corrected chi connectivity index (χ0v) is 14.9. The highest BCUT2D eigenvalue weighted by Crippen LogP contribution is 2.26. The van der Waals surface area contributed by atoms with Gasteiger partial charge in [0.15, 0.2) is 0 Å². The van der Waals surface area contributed by atoms with Gasteiger partial charge in [-0.3, -0.25) is 9.40 Å². The molecule has 2 aromatic heterocycles. The van der Waals surface area contributed by atoms with E-state index in [9.17, 15) is 8.42 Å². The lowest BCUT2D eigenvalue weighted by Gasteiger charge is -2.13. The van der Waals surface area contributed by atoms with Crippen LogP contribution >= 0.6 is 0 Å². The van der Waals surface area contributed by atoms with Crippen molar-refractivity contribution in [2.24, 2.45) is 0 Å². The molecule has 0 aliphatic carbocycles. The van der Waals surface area contributed by atoms with Crippen molar-refractivity contribution in [3.05, 3.63) is 22.8 Å². The van der Waals surface area contributed by atoms with Crippen molar-refractivity contribution in [3.63, 3.8) is 0 Å². The number of rotatable bonds is 5. The molecule has 0 aliphatic heterocycles. The van der Waals surface area contributed by atoms with Crippen LogP contribution in [-0.2, 0) is 16.6 Å². The van der Waals surface area contributed by atoms with Crippen LogP contribution in [0.25, 0.3) is 0 Å². The Bertz CT molecular complexity index is 819. The van der Waals surface area contributed by atoms with Gasteiger partial charge >= 0.3 is 6.01 Å². The number of hydrogen-bond acceptors (Lipinski definition) is 6. The molecule has 0 radical (unpaired) electrons. The third-order valence-corrected chi connectivity index (χ3v) is 5.15. The molecule has 0 aliphatic rings. The van der Waals surface area contributed by atoms with Gasteiger partial charge in [0, 0.05) is 6.54 Å². The third kappa shape index (κ3) is 3.14. The van der Waals surface area contributed by atoms with Crippen molar-refractivity contribution in [1.29, 1.82) is 0 Å². The SMILES string of the molecule is CCn1nc(C)c(S(=O)(=O)Nc2c(C)nc(OC)nc2C)c1C. The number of sulfonamides is 1. The number of nitrogens with one attached hydrogen (secondary N) is 1. The molecule has 0 unspecified atom stereocenters. The Morgan fingerprint density at radius 1 is 1.09 bits per heavy atom. The third-order valence-electron chi connectivity index (χ3n) is 3.55. The highest BCUT2D eigenvalue weighted by atomic mass is 32.2. The highest BCUT2D eigenvalue weighted by molar-refractivity contribution is 7.92. The first-order valence-electron chi connectivity index (χ1n) is 7.17. The van der Waals surface area contributed by atoms with Gasteiger partial charge < -0.3 is 4.74 Å². The Kier molecular flexibility index (Phi) is 4.60. The molecule has 0 saturated carbocycles. The van der Waals surface area contributed by atoms with Crippen molar-refractivity contribution >= 4 is 15.7 Å². The molecule has 23 heavy (non-hydrogen) atoms. The molecule has 126 valence electrons. The fourth-order valence-electron chi connectivity index (χ4n) is 2.49. The number of nitrogens with zero attached hydrogens (tertiary/aromatic N) is 4. The van der Waals surface area contributed by atoms with Gasteiger partial charge in [-0.2, -0.15) is 15.1 Å². The van der Waals surface area contributed by atoms with Gasteiger partial charge in [-0.05, 0) is 34.6 Å². The number of methoxy groups -OCH3 is 1. The first-order valence-corrected chi connectivity index (χ1v) is 8.65. The molecule has 2 heterocycles. The summed E-state index contributed by atoms with van der Waals surface area (Å²) in [6.45, 7) is 9.33. The summed E-state index contributed by atoms with van der Waals surface area (Å²) in [7, 11) is -2.32. The molecule has 9 heteroatoms. The van der Waals surface area contributed by atoms with Crippen molar-refractivity contribution in [1.82, 2.24) is 19.7 Å². The summed E-state index contributed by atoms with van der Waals surface area (Å²) in [6, 6.07) is 0.203. The van der Waals surface area contributed by atoms with E-state index in [1.54, 1.807) is 32.4 Å². The Balaban J connectivity index is 2.50. The Hall–Kier alpha value is -2.16. The van der Waals surface area contributed by atoms with Crippen LogP contribution in [0, 0.1) is 27.7 Å². The summed E-state index contributed by atoms with van der Waals surface area (Å²) < 4.78 is 34.8. The van der Waals surface area contributed by atoms with Crippen LogP contribution < -0.4 is 9.46 Å². The lowest BCUT2D eigenvalue weighted by molar-refractivity contribution is 0.378. The predicted octanol–water partition coefficient (Wildman–Crippen LogP) is 1.74. The summed E-state index contributed by atoms with van der Waals surface area (Å²) in [5.74, 6) is 0. The molecule has 0 aromatic carbocycles. The molecule has 0 saturated heterocycles.